The first-order valence-corrected chi connectivity index (χ1v) is 7.24. The molecule has 24 heavy (non-hydrogen) atoms. The second-order valence-electron chi connectivity index (χ2n) is 5.77. The van der Waals surface area contributed by atoms with E-state index in [1.807, 2.05) is 0 Å². The van der Waals surface area contributed by atoms with Crippen molar-refractivity contribution in [1.29, 1.82) is 0 Å². The van der Waals surface area contributed by atoms with Gasteiger partial charge in [0.1, 0.15) is 5.82 Å². The molecule has 1 amide bonds. The Labute approximate surface area is 134 Å². The van der Waals surface area contributed by atoms with Crippen molar-refractivity contribution < 1.29 is 23.1 Å². The lowest BCUT2D eigenvalue weighted by Crippen LogP contribution is -2.58. The van der Waals surface area contributed by atoms with Gasteiger partial charge in [0.2, 0.25) is 0 Å². The summed E-state index contributed by atoms with van der Waals surface area (Å²) in [7, 11) is 0. The van der Waals surface area contributed by atoms with Gasteiger partial charge in [0.25, 0.3) is 5.82 Å². The second kappa shape index (κ2) is 5.49. The predicted octanol–water partition coefficient (Wildman–Crippen LogP) is 1.72. The van der Waals surface area contributed by atoms with Gasteiger partial charge < -0.3 is 14.9 Å². The molecule has 2 atom stereocenters. The first kappa shape index (κ1) is 16.3. The highest BCUT2D eigenvalue weighted by atomic mass is 19.4. The summed E-state index contributed by atoms with van der Waals surface area (Å²) in [5.74, 6) is -0.874. The highest BCUT2D eigenvalue weighted by Crippen LogP contribution is 2.28. The van der Waals surface area contributed by atoms with E-state index in [-0.39, 0.29) is 24.3 Å². The van der Waals surface area contributed by atoms with E-state index in [1.165, 1.54) is 11.0 Å². The molecule has 1 saturated heterocycles. The first-order chi connectivity index (χ1) is 11.2. The van der Waals surface area contributed by atoms with Crippen molar-refractivity contribution in [3.8, 4) is 0 Å². The largest absolute Gasteiger partial charge is 0.465 e. The smallest absolute Gasteiger partial charge is 0.453 e. The third kappa shape index (κ3) is 2.69. The van der Waals surface area contributed by atoms with Crippen LogP contribution < -0.4 is 4.90 Å². The Balaban J connectivity index is 1.96. The lowest BCUT2D eigenvalue weighted by Gasteiger charge is -2.43. The van der Waals surface area contributed by atoms with Gasteiger partial charge in [-0.15, -0.1) is 15.3 Å². The molecular formula is C13H15F3N6O2. The van der Waals surface area contributed by atoms with E-state index >= 15 is 0 Å². The third-order valence-corrected chi connectivity index (χ3v) is 4.03. The van der Waals surface area contributed by atoms with E-state index < -0.39 is 18.1 Å². The summed E-state index contributed by atoms with van der Waals surface area (Å²) in [6, 6.07) is 2.43. The van der Waals surface area contributed by atoms with Crippen LogP contribution in [0.4, 0.5) is 23.8 Å². The van der Waals surface area contributed by atoms with Gasteiger partial charge in [-0.2, -0.15) is 17.7 Å². The summed E-state index contributed by atoms with van der Waals surface area (Å²) in [4.78, 5) is 14.3. The van der Waals surface area contributed by atoms with Crippen molar-refractivity contribution in [2.45, 2.75) is 32.1 Å². The topological polar surface area (TPSA) is 86.9 Å². The molecule has 0 spiro atoms. The highest BCUT2D eigenvalue weighted by Gasteiger charge is 2.38. The molecule has 11 heteroatoms. The van der Waals surface area contributed by atoms with Crippen LogP contribution in [0.15, 0.2) is 12.1 Å². The van der Waals surface area contributed by atoms with Gasteiger partial charge in [-0.3, -0.25) is 0 Å². The summed E-state index contributed by atoms with van der Waals surface area (Å²) in [6.07, 6.45) is -5.68. The average Bonchev–Trinajstić information content (AvgIpc) is 2.91. The molecule has 1 fully saturated rings. The number of nitrogens with zero attached hydrogens (tertiary/aromatic N) is 6. The monoisotopic (exact) mass is 344 g/mol. The van der Waals surface area contributed by atoms with Gasteiger partial charge in [0.05, 0.1) is 0 Å². The summed E-state index contributed by atoms with van der Waals surface area (Å²) in [5.41, 5.74) is -0.00375. The molecule has 3 heterocycles. The summed E-state index contributed by atoms with van der Waals surface area (Å²) in [5, 5.41) is 19.8. The lowest BCUT2D eigenvalue weighted by molar-refractivity contribution is -0.146. The fourth-order valence-electron chi connectivity index (χ4n) is 2.82. The number of carboxylic acid groups (broad SMARTS) is 1. The molecule has 3 rings (SSSR count). The Morgan fingerprint density at radius 3 is 2.54 bits per heavy atom. The van der Waals surface area contributed by atoms with E-state index in [4.69, 9.17) is 5.11 Å². The Hall–Kier alpha value is -2.59. The van der Waals surface area contributed by atoms with Crippen LogP contribution in [0.5, 0.6) is 0 Å². The van der Waals surface area contributed by atoms with Crippen molar-refractivity contribution in [3.05, 3.63) is 18.0 Å². The summed E-state index contributed by atoms with van der Waals surface area (Å²) >= 11 is 0. The van der Waals surface area contributed by atoms with Gasteiger partial charge in [-0.1, -0.05) is 0 Å². The second-order valence-corrected chi connectivity index (χ2v) is 5.77. The molecule has 0 saturated carbocycles. The Kier molecular flexibility index (Phi) is 3.73. The van der Waals surface area contributed by atoms with Crippen molar-refractivity contribution >= 4 is 17.6 Å². The molecule has 0 bridgehead atoms. The maximum atomic E-state index is 13.0. The minimum atomic E-state index is -4.66. The number of piperazine rings is 1. The number of carbonyl (C=O) groups is 1. The summed E-state index contributed by atoms with van der Waals surface area (Å²) in [6.45, 7) is 4.11. The molecule has 2 unspecified atom stereocenters. The van der Waals surface area contributed by atoms with Crippen LogP contribution in [0.2, 0.25) is 0 Å². The molecule has 1 N–H and O–H groups in total. The van der Waals surface area contributed by atoms with Crippen LogP contribution in [-0.4, -0.2) is 61.1 Å². The van der Waals surface area contributed by atoms with Crippen LogP contribution in [0.1, 0.15) is 19.7 Å². The molecule has 1 aliphatic rings. The van der Waals surface area contributed by atoms with Crippen molar-refractivity contribution in [2.24, 2.45) is 0 Å². The van der Waals surface area contributed by atoms with Crippen LogP contribution in [-0.2, 0) is 6.18 Å². The SMILES string of the molecule is CC1CN(c2ccc3nnc(C(F)(F)F)n3n2)C(C)CN1C(=O)O. The predicted molar refractivity (Wildman–Crippen MR) is 76.8 cm³/mol. The van der Waals surface area contributed by atoms with Gasteiger partial charge in [0.15, 0.2) is 5.65 Å². The first-order valence-electron chi connectivity index (χ1n) is 7.24. The summed E-state index contributed by atoms with van der Waals surface area (Å²) < 4.78 is 39.5. The van der Waals surface area contributed by atoms with E-state index in [9.17, 15) is 18.0 Å². The number of hydrogen-bond donors (Lipinski definition) is 1. The minimum Gasteiger partial charge on any atom is -0.465 e. The van der Waals surface area contributed by atoms with Crippen LogP contribution >= 0.6 is 0 Å². The van der Waals surface area contributed by atoms with E-state index in [0.717, 1.165) is 0 Å². The van der Waals surface area contributed by atoms with Gasteiger partial charge in [-0.05, 0) is 26.0 Å². The number of amides is 1. The van der Waals surface area contributed by atoms with E-state index in [1.54, 1.807) is 24.8 Å². The molecule has 130 valence electrons. The zero-order valence-corrected chi connectivity index (χ0v) is 12.9. The molecule has 0 aliphatic carbocycles. The van der Waals surface area contributed by atoms with Crippen molar-refractivity contribution in [2.75, 3.05) is 18.0 Å². The third-order valence-electron chi connectivity index (χ3n) is 4.03. The van der Waals surface area contributed by atoms with Crippen LogP contribution in [0.3, 0.4) is 0 Å². The maximum absolute atomic E-state index is 13.0. The van der Waals surface area contributed by atoms with Gasteiger partial charge in [-0.25, -0.2) is 4.79 Å². The standard InChI is InChI=1S/C13H15F3N6O2/c1-7-6-21(12(23)24)8(2)5-20(7)10-4-3-9-17-18-11(13(14,15)16)22(9)19-10/h3-4,7-8H,5-6H2,1-2H3,(H,23,24). The normalized spacial score (nSPS) is 22.2. The van der Waals surface area contributed by atoms with Crippen molar-refractivity contribution in [3.63, 3.8) is 0 Å². The van der Waals surface area contributed by atoms with Crippen LogP contribution in [0, 0.1) is 0 Å². The number of fused-ring (bicyclic) bond motifs is 1. The van der Waals surface area contributed by atoms with Gasteiger partial charge in [0, 0.05) is 25.2 Å². The Morgan fingerprint density at radius 2 is 1.92 bits per heavy atom. The molecular weight excluding hydrogens is 329 g/mol. The molecule has 2 aromatic heterocycles. The minimum absolute atomic E-state index is 0.00375. The number of aromatic nitrogens is 4. The average molecular weight is 344 g/mol. The number of anilines is 1. The van der Waals surface area contributed by atoms with Gasteiger partial charge >= 0.3 is 12.3 Å². The zero-order chi connectivity index (χ0) is 17.6. The number of halogens is 3. The highest BCUT2D eigenvalue weighted by molar-refractivity contribution is 5.66. The Morgan fingerprint density at radius 1 is 1.21 bits per heavy atom. The maximum Gasteiger partial charge on any atom is 0.453 e. The number of rotatable bonds is 1. The van der Waals surface area contributed by atoms with E-state index in [2.05, 4.69) is 15.3 Å². The number of alkyl halides is 3. The fraction of sp³-hybridized carbons (Fsp3) is 0.538. The molecule has 0 aromatic carbocycles. The number of hydrogen-bond acceptors (Lipinski definition) is 5. The molecule has 0 radical (unpaired) electrons. The quantitative estimate of drug-likeness (QED) is 0.848. The van der Waals surface area contributed by atoms with Crippen molar-refractivity contribution in [1.82, 2.24) is 24.7 Å². The Bertz CT molecular complexity index is 777. The van der Waals surface area contributed by atoms with E-state index in [0.29, 0.717) is 16.9 Å². The fourth-order valence-corrected chi connectivity index (χ4v) is 2.82. The molecule has 2 aromatic rings. The zero-order valence-electron chi connectivity index (χ0n) is 12.9. The molecule has 8 nitrogen and oxygen atoms in total. The van der Waals surface area contributed by atoms with Crippen LogP contribution in [0.25, 0.3) is 5.65 Å². The lowest BCUT2D eigenvalue weighted by atomic mass is 10.1. The molecule has 1 aliphatic heterocycles.